The molecular weight excluding hydrogens is 295 g/mol. The lowest BCUT2D eigenvalue weighted by molar-refractivity contribution is -0.179. The van der Waals surface area contributed by atoms with Crippen LogP contribution in [-0.4, -0.2) is 24.3 Å². The van der Waals surface area contributed by atoms with Crippen molar-refractivity contribution >= 4 is 5.97 Å². The second-order valence-corrected chi connectivity index (χ2v) is 5.89. The van der Waals surface area contributed by atoms with Crippen LogP contribution in [0.3, 0.4) is 0 Å². The molecule has 0 spiro atoms. The summed E-state index contributed by atoms with van der Waals surface area (Å²) < 4.78 is 43.5. The van der Waals surface area contributed by atoms with E-state index in [9.17, 15) is 18.0 Å². The number of carbonyl (C=O) groups is 1. The molecule has 132 valence electrons. The van der Waals surface area contributed by atoms with E-state index in [0.29, 0.717) is 12.8 Å². The van der Waals surface area contributed by atoms with E-state index in [2.05, 4.69) is 6.92 Å². The van der Waals surface area contributed by atoms with Crippen LogP contribution in [0, 0.1) is 5.92 Å². The highest BCUT2D eigenvalue weighted by Gasteiger charge is 2.45. The quantitative estimate of drug-likeness (QED) is 0.447. The fourth-order valence-corrected chi connectivity index (χ4v) is 2.19. The van der Waals surface area contributed by atoms with E-state index in [1.165, 1.54) is 0 Å². The zero-order valence-electron chi connectivity index (χ0n) is 13.9. The molecule has 22 heavy (non-hydrogen) atoms. The van der Waals surface area contributed by atoms with Gasteiger partial charge in [-0.1, -0.05) is 52.4 Å². The topological polar surface area (TPSA) is 52.3 Å². The first kappa shape index (κ1) is 21.2. The monoisotopic (exact) mass is 325 g/mol. The fourth-order valence-electron chi connectivity index (χ4n) is 2.19. The molecule has 6 heteroatoms. The average molecular weight is 325 g/mol. The Morgan fingerprint density at radius 3 is 2.14 bits per heavy atom. The van der Waals surface area contributed by atoms with Crippen molar-refractivity contribution in [2.24, 2.45) is 11.7 Å². The number of hydrogen-bond acceptors (Lipinski definition) is 3. The third-order valence-corrected chi connectivity index (χ3v) is 3.88. The lowest BCUT2D eigenvalue weighted by Gasteiger charge is -2.25. The van der Waals surface area contributed by atoms with Crippen molar-refractivity contribution in [1.29, 1.82) is 0 Å². The molecule has 0 saturated heterocycles. The highest BCUT2D eigenvalue weighted by molar-refractivity contribution is 5.73. The van der Waals surface area contributed by atoms with E-state index in [-0.39, 0.29) is 12.5 Å². The van der Waals surface area contributed by atoms with Crippen LogP contribution in [0.1, 0.15) is 72.1 Å². The molecule has 0 aliphatic heterocycles. The molecule has 1 unspecified atom stereocenters. The number of hydrogen-bond donors (Lipinski definition) is 1. The van der Waals surface area contributed by atoms with E-state index < -0.39 is 24.1 Å². The molecule has 0 aromatic heterocycles. The smallest absolute Gasteiger partial charge is 0.404 e. The SMILES string of the molecule is CCCCCCCC[C@@H](C(=O)OC(C)CC)[C@@H](N)C(F)(F)F. The van der Waals surface area contributed by atoms with Gasteiger partial charge < -0.3 is 10.5 Å². The van der Waals surface area contributed by atoms with Crippen molar-refractivity contribution in [2.75, 3.05) is 0 Å². The van der Waals surface area contributed by atoms with Crippen LogP contribution >= 0.6 is 0 Å². The Bertz CT molecular complexity index is 308. The summed E-state index contributed by atoms with van der Waals surface area (Å²) in [6.07, 6.45) is 1.39. The predicted octanol–water partition coefficient (Wildman–Crippen LogP) is 4.58. The van der Waals surface area contributed by atoms with Gasteiger partial charge in [-0.25, -0.2) is 0 Å². The summed E-state index contributed by atoms with van der Waals surface area (Å²) in [4.78, 5) is 12.0. The zero-order chi connectivity index (χ0) is 17.2. The first-order valence-corrected chi connectivity index (χ1v) is 8.26. The fraction of sp³-hybridized carbons (Fsp3) is 0.938. The minimum atomic E-state index is -4.58. The Labute approximate surface area is 131 Å². The number of alkyl halides is 3. The van der Waals surface area contributed by atoms with Crippen molar-refractivity contribution in [3.8, 4) is 0 Å². The van der Waals surface area contributed by atoms with Gasteiger partial charge in [0, 0.05) is 0 Å². The van der Waals surface area contributed by atoms with Crippen LogP contribution in [0.5, 0.6) is 0 Å². The third kappa shape index (κ3) is 8.61. The Balaban J connectivity index is 4.50. The summed E-state index contributed by atoms with van der Waals surface area (Å²) in [5.74, 6) is -2.13. The molecule has 0 aliphatic rings. The highest BCUT2D eigenvalue weighted by atomic mass is 19.4. The molecule has 2 N–H and O–H groups in total. The van der Waals surface area contributed by atoms with Gasteiger partial charge >= 0.3 is 12.1 Å². The molecule has 0 aromatic carbocycles. The standard InChI is InChI=1S/C16H30F3NO2/c1-4-6-7-8-9-10-11-13(14(20)16(17,18)19)15(21)22-12(3)5-2/h12-14H,4-11,20H2,1-3H3/t12?,13-,14-/m1/s1. The average Bonchev–Trinajstić information content (AvgIpc) is 2.44. The molecular formula is C16H30F3NO2. The summed E-state index contributed by atoms with van der Waals surface area (Å²) in [7, 11) is 0. The Hall–Kier alpha value is -0.780. The molecule has 0 heterocycles. The molecule has 3 atom stereocenters. The van der Waals surface area contributed by atoms with Gasteiger partial charge in [-0.3, -0.25) is 4.79 Å². The number of unbranched alkanes of at least 4 members (excludes halogenated alkanes) is 5. The summed E-state index contributed by atoms with van der Waals surface area (Å²) in [5.41, 5.74) is 5.25. The normalized spacial score (nSPS) is 16.1. The molecule has 0 amide bonds. The predicted molar refractivity (Wildman–Crippen MR) is 81.4 cm³/mol. The molecule has 3 nitrogen and oxygen atoms in total. The van der Waals surface area contributed by atoms with Crippen LogP contribution in [0.25, 0.3) is 0 Å². The first-order valence-electron chi connectivity index (χ1n) is 8.26. The maximum atomic E-state index is 12.8. The molecule has 0 rings (SSSR count). The van der Waals surface area contributed by atoms with E-state index in [1.54, 1.807) is 6.92 Å². The van der Waals surface area contributed by atoms with Crippen LogP contribution in [0.2, 0.25) is 0 Å². The number of esters is 1. The number of nitrogens with two attached hydrogens (primary N) is 1. The lowest BCUT2D eigenvalue weighted by Crippen LogP contribution is -2.47. The number of rotatable bonds is 11. The minimum Gasteiger partial charge on any atom is -0.462 e. The molecule has 0 aromatic rings. The van der Waals surface area contributed by atoms with Crippen LogP contribution in [0.15, 0.2) is 0 Å². The molecule has 0 saturated carbocycles. The molecule has 0 bridgehead atoms. The number of carbonyl (C=O) groups excluding carboxylic acids is 1. The molecule has 0 fully saturated rings. The molecule has 0 aliphatic carbocycles. The van der Waals surface area contributed by atoms with Crippen LogP contribution in [0.4, 0.5) is 13.2 Å². The largest absolute Gasteiger partial charge is 0.462 e. The maximum absolute atomic E-state index is 12.8. The molecule has 0 radical (unpaired) electrons. The van der Waals surface area contributed by atoms with Gasteiger partial charge in [0.25, 0.3) is 0 Å². The van der Waals surface area contributed by atoms with E-state index in [0.717, 1.165) is 32.1 Å². The van der Waals surface area contributed by atoms with E-state index in [4.69, 9.17) is 10.5 Å². The summed E-state index contributed by atoms with van der Waals surface area (Å²) in [5, 5.41) is 0. The van der Waals surface area contributed by atoms with E-state index in [1.807, 2.05) is 6.92 Å². The minimum absolute atomic E-state index is 0.127. The summed E-state index contributed by atoms with van der Waals surface area (Å²) in [6, 6.07) is -2.15. The second kappa shape index (κ2) is 10.9. The first-order chi connectivity index (χ1) is 10.2. The Morgan fingerprint density at radius 2 is 1.64 bits per heavy atom. The van der Waals surface area contributed by atoms with Gasteiger partial charge in [-0.15, -0.1) is 0 Å². The van der Waals surface area contributed by atoms with Crippen molar-refractivity contribution in [2.45, 2.75) is 90.5 Å². The van der Waals surface area contributed by atoms with Crippen LogP contribution < -0.4 is 5.73 Å². The number of ether oxygens (including phenoxy) is 1. The van der Waals surface area contributed by atoms with Crippen molar-refractivity contribution in [3.05, 3.63) is 0 Å². The third-order valence-electron chi connectivity index (χ3n) is 3.88. The zero-order valence-corrected chi connectivity index (χ0v) is 13.9. The van der Waals surface area contributed by atoms with Gasteiger partial charge in [0.2, 0.25) is 0 Å². The van der Waals surface area contributed by atoms with Gasteiger partial charge in [0.1, 0.15) is 6.04 Å². The summed E-state index contributed by atoms with van der Waals surface area (Å²) in [6.45, 7) is 5.58. The Kier molecular flexibility index (Phi) is 10.5. The van der Waals surface area contributed by atoms with Crippen LogP contribution in [-0.2, 0) is 9.53 Å². The van der Waals surface area contributed by atoms with Gasteiger partial charge in [0.05, 0.1) is 12.0 Å². The van der Waals surface area contributed by atoms with Crippen molar-refractivity contribution in [1.82, 2.24) is 0 Å². The highest BCUT2D eigenvalue weighted by Crippen LogP contribution is 2.28. The van der Waals surface area contributed by atoms with E-state index >= 15 is 0 Å². The maximum Gasteiger partial charge on any atom is 0.404 e. The van der Waals surface area contributed by atoms with Gasteiger partial charge in [0.15, 0.2) is 0 Å². The lowest BCUT2D eigenvalue weighted by atomic mass is 9.93. The number of halogens is 3. The van der Waals surface area contributed by atoms with Gasteiger partial charge in [-0.05, 0) is 19.8 Å². The van der Waals surface area contributed by atoms with Gasteiger partial charge in [-0.2, -0.15) is 13.2 Å². The second-order valence-electron chi connectivity index (χ2n) is 5.89. The Morgan fingerprint density at radius 1 is 1.09 bits per heavy atom. The van der Waals surface area contributed by atoms with Crippen molar-refractivity contribution in [3.63, 3.8) is 0 Å². The summed E-state index contributed by atoms with van der Waals surface area (Å²) >= 11 is 0. The van der Waals surface area contributed by atoms with Crippen molar-refractivity contribution < 1.29 is 22.7 Å².